The molecular formula is C38H42O9. The molecule has 1 N–H and O–H groups in total. The second kappa shape index (κ2) is 11.2. The highest BCUT2D eigenvalue weighted by molar-refractivity contribution is 6.04. The largest absolute Gasteiger partial charge is 0.493 e. The Balaban J connectivity index is 1.25. The molecule has 3 aliphatic carbocycles. The van der Waals surface area contributed by atoms with Gasteiger partial charge in [-0.3, -0.25) is 9.59 Å². The third kappa shape index (κ3) is 4.73. The lowest BCUT2D eigenvalue weighted by atomic mass is 9.55. The van der Waals surface area contributed by atoms with E-state index in [0.717, 1.165) is 11.1 Å². The normalized spacial score (nSPS) is 36.5. The van der Waals surface area contributed by atoms with Crippen LogP contribution in [0.5, 0.6) is 11.5 Å². The van der Waals surface area contributed by atoms with Gasteiger partial charge in [-0.1, -0.05) is 62.1 Å². The van der Waals surface area contributed by atoms with Gasteiger partial charge in [0.25, 0.3) is 5.97 Å². The van der Waals surface area contributed by atoms with E-state index in [1.165, 1.54) is 7.11 Å². The first-order valence-electron chi connectivity index (χ1n) is 16.2. The molecular weight excluding hydrogens is 600 g/mol. The fourth-order valence-corrected chi connectivity index (χ4v) is 8.87. The molecule has 0 amide bonds. The summed E-state index contributed by atoms with van der Waals surface area (Å²) in [5.74, 6) is -2.42. The fraction of sp³-hybridized carbons (Fsp3) is 0.474. The molecule has 2 heterocycles. The van der Waals surface area contributed by atoms with E-state index in [2.05, 4.69) is 13.5 Å². The van der Waals surface area contributed by atoms with Crippen molar-refractivity contribution in [3.63, 3.8) is 0 Å². The Hall–Kier alpha value is -3.76. The van der Waals surface area contributed by atoms with Crippen LogP contribution in [0.1, 0.15) is 44.7 Å². The number of hydrogen-bond acceptors (Lipinski definition) is 9. The summed E-state index contributed by atoms with van der Waals surface area (Å²) in [5.41, 5.74) is -0.0661. The van der Waals surface area contributed by atoms with E-state index >= 15 is 0 Å². The molecule has 1 unspecified atom stereocenters. The van der Waals surface area contributed by atoms with Crippen LogP contribution < -0.4 is 9.47 Å². The van der Waals surface area contributed by atoms with E-state index in [0.29, 0.717) is 41.1 Å². The van der Waals surface area contributed by atoms with Gasteiger partial charge in [0.2, 0.25) is 0 Å². The molecule has 248 valence electrons. The first-order chi connectivity index (χ1) is 22.4. The van der Waals surface area contributed by atoms with E-state index in [1.54, 1.807) is 32.2 Å². The third-order valence-electron chi connectivity index (χ3n) is 10.9. The van der Waals surface area contributed by atoms with Gasteiger partial charge in [0.15, 0.2) is 17.3 Å². The maximum Gasteiger partial charge on any atom is 0.310 e. The molecule has 0 aromatic heterocycles. The summed E-state index contributed by atoms with van der Waals surface area (Å²) in [5, 5.41) is 12.4. The van der Waals surface area contributed by atoms with Crippen molar-refractivity contribution in [1.29, 1.82) is 0 Å². The minimum atomic E-state index is -1.79. The number of hydrogen-bond donors (Lipinski definition) is 1. The lowest BCUT2D eigenvalue weighted by molar-refractivity contribution is -0.421. The number of ketones is 1. The summed E-state index contributed by atoms with van der Waals surface area (Å²) in [6.07, 6.45) is 4.27. The molecule has 0 spiro atoms. The molecule has 47 heavy (non-hydrogen) atoms. The Morgan fingerprint density at radius 2 is 1.79 bits per heavy atom. The topological polar surface area (TPSA) is 110 Å². The first kappa shape index (κ1) is 31.8. The molecule has 2 aromatic rings. The summed E-state index contributed by atoms with van der Waals surface area (Å²) >= 11 is 0. The predicted octanol–water partition coefficient (Wildman–Crippen LogP) is 5.05. The Bertz CT molecular complexity index is 1700. The zero-order chi connectivity index (χ0) is 33.4. The molecule has 2 aliphatic heterocycles. The Morgan fingerprint density at radius 3 is 2.49 bits per heavy atom. The minimum absolute atomic E-state index is 0.00163. The zero-order valence-electron chi connectivity index (χ0n) is 27.5. The number of carbonyl (C=O) groups excluding carboxylic acids is 2. The first-order valence-corrected chi connectivity index (χ1v) is 16.2. The molecule has 9 heteroatoms. The van der Waals surface area contributed by atoms with Gasteiger partial charge in [-0.15, -0.1) is 0 Å². The lowest BCUT2D eigenvalue weighted by Gasteiger charge is -2.59. The van der Waals surface area contributed by atoms with E-state index in [-0.39, 0.29) is 31.1 Å². The van der Waals surface area contributed by atoms with Crippen molar-refractivity contribution in [2.75, 3.05) is 20.8 Å². The SMILES string of the molecule is C=C(C)[C@]12C[C@@H](C)[C@@]34OC(Cc5ccccc5)(O[C@@H]1[C@@H]3C=C(COC(=O)Cc1ccc(OC)c(OC)c1)C[C@]1(O)C(=O)C(C)=C[C@@H]41)O2. The summed E-state index contributed by atoms with van der Waals surface area (Å²) in [4.78, 5) is 26.9. The maximum absolute atomic E-state index is 13.8. The summed E-state index contributed by atoms with van der Waals surface area (Å²) in [6, 6.07) is 15.1. The number of carbonyl (C=O) groups is 2. The molecule has 1 saturated carbocycles. The van der Waals surface area contributed by atoms with Crippen molar-refractivity contribution in [2.24, 2.45) is 17.8 Å². The highest BCUT2D eigenvalue weighted by atomic mass is 16.9. The van der Waals surface area contributed by atoms with Crippen molar-refractivity contribution < 1.29 is 43.1 Å². The molecule has 0 radical (unpaired) electrons. The van der Waals surface area contributed by atoms with Gasteiger partial charge in [-0.25, -0.2) is 0 Å². The Morgan fingerprint density at radius 1 is 1.04 bits per heavy atom. The molecule has 3 bridgehead atoms. The number of methoxy groups -OCH3 is 2. The van der Waals surface area contributed by atoms with Gasteiger partial charge in [0, 0.05) is 18.3 Å². The molecule has 2 aromatic carbocycles. The quantitative estimate of drug-likeness (QED) is 0.297. The zero-order valence-corrected chi connectivity index (χ0v) is 27.5. The van der Waals surface area contributed by atoms with Crippen LogP contribution >= 0.6 is 0 Å². The van der Waals surface area contributed by atoms with E-state index < -0.39 is 46.7 Å². The number of rotatable bonds is 9. The predicted molar refractivity (Wildman–Crippen MR) is 172 cm³/mol. The van der Waals surface area contributed by atoms with Crippen LogP contribution in [-0.2, 0) is 41.4 Å². The highest BCUT2D eigenvalue weighted by Gasteiger charge is 2.79. The second-order valence-corrected chi connectivity index (χ2v) is 13.9. The molecule has 9 nitrogen and oxygen atoms in total. The average molecular weight is 643 g/mol. The highest BCUT2D eigenvalue weighted by Crippen LogP contribution is 2.68. The van der Waals surface area contributed by atoms with Gasteiger partial charge in [0.05, 0.1) is 32.7 Å². The molecule has 3 fully saturated rings. The number of aliphatic hydroxyl groups is 1. The molecule has 7 rings (SSSR count). The molecule has 2 saturated heterocycles. The van der Waals surface area contributed by atoms with E-state index in [1.807, 2.05) is 49.4 Å². The van der Waals surface area contributed by atoms with Gasteiger partial charge >= 0.3 is 5.97 Å². The van der Waals surface area contributed by atoms with Crippen LogP contribution in [0.2, 0.25) is 0 Å². The van der Waals surface area contributed by atoms with Crippen molar-refractivity contribution in [2.45, 2.75) is 75.3 Å². The van der Waals surface area contributed by atoms with E-state index in [9.17, 15) is 14.7 Å². The van der Waals surface area contributed by atoms with Crippen LogP contribution in [0.3, 0.4) is 0 Å². The van der Waals surface area contributed by atoms with E-state index in [4.69, 9.17) is 28.4 Å². The van der Waals surface area contributed by atoms with Crippen LogP contribution in [0.15, 0.2) is 84.0 Å². The summed E-state index contributed by atoms with van der Waals surface area (Å²) in [7, 11) is 3.09. The summed E-state index contributed by atoms with van der Waals surface area (Å²) < 4.78 is 37.4. The van der Waals surface area contributed by atoms with Crippen LogP contribution in [0, 0.1) is 17.8 Å². The third-order valence-corrected chi connectivity index (χ3v) is 10.9. The van der Waals surface area contributed by atoms with Crippen molar-refractivity contribution in [1.82, 2.24) is 0 Å². The smallest absolute Gasteiger partial charge is 0.310 e. The summed E-state index contributed by atoms with van der Waals surface area (Å²) in [6.45, 7) is 10.1. The van der Waals surface area contributed by atoms with Crippen molar-refractivity contribution >= 4 is 11.8 Å². The number of fused-ring (bicyclic) bond motifs is 2. The Kier molecular flexibility index (Phi) is 7.55. The number of benzene rings is 2. The lowest BCUT2D eigenvalue weighted by Crippen LogP contribution is -2.70. The van der Waals surface area contributed by atoms with Gasteiger partial charge in [0.1, 0.15) is 23.9 Å². The average Bonchev–Trinajstić information content (AvgIpc) is 3.35. The standard InChI is InChI=1S/C38H42O9/c1-22(2)36-18-24(4)38-28(34(36)45-37(46-36,47-38)20-25-10-8-7-9-11-25)15-27(19-35(41)31(38)14-23(3)33(35)40)21-44-32(39)17-26-12-13-29(42-5)30(16-26)43-6/h7-16,24,28,31,34,41H,1,17-21H2,2-6H3/t24-,28+,31-,34-,35-,36-,37?,38-/m1/s1. The van der Waals surface area contributed by atoms with Gasteiger partial charge < -0.3 is 33.5 Å². The van der Waals surface area contributed by atoms with Crippen LogP contribution in [0.4, 0.5) is 0 Å². The minimum Gasteiger partial charge on any atom is -0.493 e. The monoisotopic (exact) mass is 642 g/mol. The number of ether oxygens (including phenoxy) is 6. The molecule has 8 atom stereocenters. The van der Waals surface area contributed by atoms with Gasteiger partial charge in [-0.05, 0) is 66.2 Å². The maximum atomic E-state index is 13.8. The van der Waals surface area contributed by atoms with Crippen LogP contribution in [-0.4, -0.2) is 66.6 Å². The van der Waals surface area contributed by atoms with Gasteiger partial charge in [-0.2, -0.15) is 0 Å². The van der Waals surface area contributed by atoms with Crippen molar-refractivity contribution in [3.05, 3.63) is 95.1 Å². The van der Waals surface area contributed by atoms with Crippen molar-refractivity contribution in [3.8, 4) is 11.5 Å². The second-order valence-electron chi connectivity index (χ2n) is 13.9. The fourth-order valence-electron chi connectivity index (χ4n) is 8.87. The number of Topliss-reactive ketones (excluding diaryl/α,β-unsaturated/α-hetero) is 1. The Labute approximate surface area is 275 Å². The molecule has 5 aliphatic rings. The number of esters is 1. The van der Waals surface area contributed by atoms with Crippen LogP contribution in [0.25, 0.3) is 0 Å².